The van der Waals surface area contributed by atoms with Gasteiger partial charge in [-0.05, 0) is 42.3 Å². The smallest absolute Gasteiger partial charge is 0.274 e. The van der Waals surface area contributed by atoms with Crippen LogP contribution >= 0.6 is 0 Å². The normalized spacial score (nSPS) is 10.4. The lowest BCUT2D eigenvalue weighted by atomic mass is 10.2. The van der Waals surface area contributed by atoms with Crippen molar-refractivity contribution < 1.29 is 9.18 Å². The van der Waals surface area contributed by atoms with E-state index in [2.05, 4.69) is 20.3 Å². The van der Waals surface area contributed by atoms with Crippen LogP contribution in [0.1, 0.15) is 16.1 Å². The maximum absolute atomic E-state index is 13.2. The molecule has 3 aromatic rings. The highest BCUT2D eigenvalue weighted by atomic mass is 19.1. The van der Waals surface area contributed by atoms with Crippen molar-refractivity contribution in [1.82, 2.24) is 15.0 Å². The van der Waals surface area contributed by atoms with Crippen LogP contribution in [0.2, 0.25) is 0 Å². The minimum absolute atomic E-state index is 0.218. The number of likely N-dealkylation sites (N-methyl/N-ethyl adjacent to an activating group) is 1. The van der Waals surface area contributed by atoms with Gasteiger partial charge in [0.05, 0.1) is 0 Å². The summed E-state index contributed by atoms with van der Waals surface area (Å²) >= 11 is 0. The summed E-state index contributed by atoms with van der Waals surface area (Å²) in [6, 6.07) is 11.3. The van der Waals surface area contributed by atoms with E-state index in [0.29, 0.717) is 11.5 Å². The van der Waals surface area contributed by atoms with Gasteiger partial charge in [0.1, 0.15) is 23.7 Å². The number of aromatic nitrogens is 3. The molecule has 1 aromatic carbocycles. The van der Waals surface area contributed by atoms with Crippen molar-refractivity contribution >= 4 is 17.4 Å². The molecule has 1 N–H and O–H groups in total. The van der Waals surface area contributed by atoms with Crippen LogP contribution in [0.3, 0.4) is 0 Å². The minimum Gasteiger partial charge on any atom is -0.359 e. The van der Waals surface area contributed by atoms with Gasteiger partial charge in [-0.15, -0.1) is 0 Å². The van der Waals surface area contributed by atoms with Crippen molar-refractivity contribution in [2.75, 3.05) is 23.8 Å². The number of carbonyl (C=O) groups excluding carboxylic acids is 1. The maximum Gasteiger partial charge on any atom is 0.274 e. The molecule has 2 heterocycles. The van der Waals surface area contributed by atoms with Gasteiger partial charge in [-0.2, -0.15) is 0 Å². The van der Waals surface area contributed by atoms with Gasteiger partial charge in [-0.1, -0.05) is 6.07 Å². The molecule has 1 amide bonds. The Bertz CT molecular complexity index is 888. The summed E-state index contributed by atoms with van der Waals surface area (Å²) in [6.45, 7) is 0.728. The largest absolute Gasteiger partial charge is 0.359 e. The standard InChI is InChI=1S/C19H18FN5O/c1-25(10-7-14-5-8-21-9-6-14)18-12-17(22-13-23-18)19(26)24-16-4-2-3-15(20)11-16/h2-6,8-9,11-13H,7,10H2,1H3,(H,24,26). The molecule has 0 radical (unpaired) electrons. The molecule has 2 aromatic heterocycles. The Labute approximate surface area is 150 Å². The maximum atomic E-state index is 13.2. The summed E-state index contributed by atoms with van der Waals surface area (Å²) < 4.78 is 13.2. The Balaban J connectivity index is 1.66. The number of anilines is 2. The van der Waals surface area contributed by atoms with Crippen LogP contribution in [0.15, 0.2) is 61.2 Å². The number of amides is 1. The highest BCUT2D eigenvalue weighted by molar-refractivity contribution is 6.03. The van der Waals surface area contributed by atoms with Crippen molar-refractivity contribution in [2.45, 2.75) is 6.42 Å². The zero-order valence-electron chi connectivity index (χ0n) is 14.3. The van der Waals surface area contributed by atoms with Crippen LogP contribution in [0, 0.1) is 5.82 Å². The second kappa shape index (κ2) is 8.15. The zero-order chi connectivity index (χ0) is 18.4. The second-order valence-corrected chi connectivity index (χ2v) is 5.75. The fourth-order valence-corrected chi connectivity index (χ4v) is 2.40. The monoisotopic (exact) mass is 351 g/mol. The molecule has 0 aliphatic carbocycles. The molecule has 0 saturated carbocycles. The van der Waals surface area contributed by atoms with Gasteiger partial charge in [0, 0.05) is 37.7 Å². The first-order chi connectivity index (χ1) is 12.6. The lowest BCUT2D eigenvalue weighted by Gasteiger charge is -2.18. The molecule has 0 fully saturated rings. The molecule has 0 aliphatic heterocycles. The summed E-state index contributed by atoms with van der Waals surface area (Å²) in [6.07, 6.45) is 5.69. The molecule has 0 bridgehead atoms. The SMILES string of the molecule is CN(CCc1ccncc1)c1cc(C(=O)Nc2cccc(F)c2)ncn1. The number of nitrogens with zero attached hydrogens (tertiary/aromatic N) is 4. The van der Waals surface area contributed by atoms with E-state index >= 15 is 0 Å². The van der Waals surface area contributed by atoms with Crippen molar-refractivity contribution in [3.05, 3.63) is 78.3 Å². The predicted octanol–water partition coefficient (Wildman–Crippen LogP) is 2.94. The molecule has 0 atom stereocenters. The molecule has 0 saturated heterocycles. The first-order valence-corrected chi connectivity index (χ1v) is 8.11. The third-order valence-corrected chi connectivity index (χ3v) is 3.84. The number of carbonyl (C=O) groups is 1. The number of hydrogen-bond acceptors (Lipinski definition) is 5. The molecule has 3 rings (SSSR count). The van der Waals surface area contributed by atoms with Gasteiger partial charge in [0.25, 0.3) is 5.91 Å². The first kappa shape index (κ1) is 17.5. The van der Waals surface area contributed by atoms with E-state index in [1.54, 1.807) is 24.5 Å². The summed E-state index contributed by atoms with van der Waals surface area (Å²) in [5.74, 6) is -0.192. The third kappa shape index (κ3) is 4.60. The van der Waals surface area contributed by atoms with E-state index in [0.717, 1.165) is 13.0 Å². The fourth-order valence-electron chi connectivity index (χ4n) is 2.40. The Morgan fingerprint density at radius 3 is 2.73 bits per heavy atom. The van der Waals surface area contributed by atoms with E-state index in [-0.39, 0.29) is 5.69 Å². The molecule has 0 spiro atoms. The number of halogens is 1. The van der Waals surface area contributed by atoms with Crippen molar-refractivity contribution in [3.63, 3.8) is 0 Å². The quantitative estimate of drug-likeness (QED) is 0.739. The average Bonchev–Trinajstić information content (AvgIpc) is 2.67. The van der Waals surface area contributed by atoms with Crippen LogP contribution in [-0.4, -0.2) is 34.5 Å². The Morgan fingerprint density at radius 2 is 1.96 bits per heavy atom. The average molecular weight is 351 g/mol. The zero-order valence-corrected chi connectivity index (χ0v) is 14.3. The minimum atomic E-state index is -0.415. The topological polar surface area (TPSA) is 71.0 Å². The Morgan fingerprint density at radius 1 is 1.15 bits per heavy atom. The van der Waals surface area contributed by atoms with Crippen molar-refractivity contribution in [1.29, 1.82) is 0 Å². The lowest BCUT2D eigenvalue weighted by Crippen LogP contribution is -2.23. The summed E-state index contributed by atoms with van der Waals surface area (Å²) in [5, 5.41) is 2.63. The molecule has 0 unspecified atom stereocenters. The number of nitrogens with one attached hydrogen (secondary N) is 1. The number of hydrogen-bond donors (Lipinski definition) is 1. The molecule has 7 heteroatoms. The van der Waals surface area contributed by atoms with Gasteiger partial charge in [-0.25, -0.2) is 14.4 Å². The molecule has 6 nitrogen and oxygen atoms in total. The fraction of sp³-hybridized carbons (Fsp3) is 0.158. The van der Waals surface area contributed by atoms with Gasteiger partial charge in [-0.3, -0.25) is 9.78 Å². The van der Waals surface area contributed by atoms with E-state index < -0.39 is 11.7 Å². The van der Waals surface area contributed by atoms with Crippen molar-refractivity contribution in [3.8, 4) is 0 Å². The summed E-state index contributed by atoms with van der Waals surface area (Å²) in [7, 11) is 1.90. The van der Waals surface area contributed by atoms with E-state index in [9.17, 15) is 9.18 Å². The van der Waals surface area contributed by atoms with Crippen LogP contribution in [0.25, 0.3) is 0 Å². The van der Waals surface area contributed by atoms with Gasteiger partial charge >= 0.3 is 0 Å². The highest BCUT2D eigenvalue weighted by Gasteiger charge is 2.11. The van der Waals surface area contributed by atoms with Crippen LogP contribution < -0.4 is 10.2 Å². The molecular weight excluding hydrogens is 333 g/mol. The molecule has 0 aliphatic rings. The molecule has 26 heavy (non-hydrogen) atoms. The molecule has 132 valence electrons. The number of benzene rings is 1. The van der Waals surface area contributed by atoms with E-state index in [4.69, 9.17) is 0 Å². The molecular formula is C19H18FN5O. The third-order valence-electron chi connectivity index (χ3n) is 3.84. The lowest BCUT2D eigenvalue weighted by molar-refractivity contribution is 0.102. The Kier molecular flexibility index (Phi) is 5.48. The Hall–Kier alpha value is -3.35. The predicted molar refractivity (Wildman–Crippen MR) is 97.6 cm³/mol. The van der Waals surface area contributed by atoms with Crippen LogP contribution in [0.4, 0.5) is 15.9 Å². The van der Waals surface area contributed by atoms with Gasteiger partial charge in [0.2, 0.25) is 0 Å². The summed E-state index contributed by atoms with van der Waals surface area (Å²) in [4.78, 5) is 26.5. The van der Waals surface area contributed by atoms with Gasteiger partial charge < -0.3 is 10.2 Å². The highest BCUT2D eigenvalue weighted by Crippen LogP contribution is 2.13. The second-order valence-electron chi connectivity index (χ2n) is 5.75. The number of rotatable bonds is 6. The van der Waals surface area contributed by atoms with Crippen LogP contribution in [-0.2, 0) is 6.42 Å². The summed E-state index contributed by atoms with van der Waals surface area (Å²) in [5.41, 5.74) is 1.77. The van der Waals surface area contributed by atoms with E-state index in [1.165, 1.54) is 30.1 Å². The van der Waals surface area contributed by atoms with Crippen molar-refractivity contribution in [2.24, 2.45) is 0 Å². The van der Waals surface area contributed by atoms with Gasteiger partial charge in [0.15, 0.2) is 0 Å². The number of pyridine rings is 1. The van der Waals surface area contributed by atoms with E-state index in [1.807, 2.05) is 24.1 Å². The van der Waals surface area contributed by atoms with Crippen LogP contribution in [0.5, 0.6) is 0 Å². The first-order valence-electron chi connectivity index (χ1n) is 8.11.